The highest BCUT2D eigenvalue weighted by atomic mass is 16.7. The molecule has 1 aliphatic rings. The molecule has 1 aromatic heterocycles. The zero-order valence-corrected chi connectivity index (χ0v) is 18.6. The van der Waals surface area contributed by atoms with Crippen LogP contribution in [0, 0.1) is 20.8 Å². The van der Waals surface area contributed by atoms with Crippen LogP contribution in [0.2, 0.25) is 0 Å². The number of aromatic nitrogens is 1. The van der Waals surface area contributed by atoms with Crippen LogP contribution in [0.5, 0.6) is 0 Å². The highest BCUT2D eigenvalue weighted by molar-refractivity contribution is 6.26. The number of hydrogen-bond donors (Lipinski definition) is 0. The van der Waals surface area contributed by atoms with Crippen LogP contribution in [0.3, 0.4) is 0 Å². The molecule has 2 aromatic rings. The molecule has 0 amide bonds. The van der Waals surface area contributed by atoms with E-state index in [9.17, 15) is 9.59 Å². The number of carbonyl (C=O) groups excluding carboxylic acids is 2. The Balaban J connectivity index is 2.31. The van der Waals surface area contributed by atoms with Gasteiger partial charge in [-0.2, -0.15) is 0 Å². The fourth-order valence-corrected chi connectivity index (χ4v) is 3.92. The van der Waals surface area contributed by atoms with Crippen molar-refractivity contribution < 1.29 is 28.3 Å². The van der Waals surface area contributed by atoms with Crippen LogP contribution < -0.4 is 0 Å². The van der Waals surface area contributed by atoms with Crippen LogP contribution in [-0.4, -0.2) is 35.4 Å². The SMILES string of the molecule is COC(=O)OC1=C(c2cc(-c3c(C)noc3C)ccc2C)C(=O)C(C)(C)OC1(C)C. The summed E-state index contributed by atoms with van der Waals surface area (Å²) in [7, 11) is 1.22. The molecule has 7 nitrogen and oxygen atoms in total. The maximum absolute atomic E-state index is 13.5. The Morgan fingerprint density at radius 3 is 2.30 bits per heavy atom. The standard InChI is InChI=1S/C23H27NO6/c1-12-9-10-15(17-13(2)24-29-14(17)3)11-16(12)18-19(25)22(4,5)30-23(6,7)20(18)28-21(26)27-8/h9-11H,1-8H3. The molecule has 0 fully saturated rings. The van der Waals surface area contributed by atoms with Crippen molar-refractivity contribution in [3.05, 3.63) is 46.5 Å². The van der Waals surface area contributed by atoms with Gasteiger partial charge >= 0.3 is 6.16 Å². The van der Waals surface area contributed by atoms with Crippen LogP contribution in [0.4, 0.5) is 4.79 Å². The van der Waals surface area contributed by atoms with E-state index in [-0.39, 0.29) is 11.5 Å². The number of methoxy groups -OCH3 is 1. The van der Waals surface area contributed by atoms with Gasteiger partial charge in [0.05, 0.1) is 18.4 Å². The number of rotatable bonds is 3. The summed E-state index contributed by atoms with van der Waals surface area (Å²) in [5.41, 5.74) is 2.14. The molecule has 0 radical (unpaired) electrons. The molecular weight excluding hydrogens is 386 g/mol. The van der Waals surface area contributed by atoms with Gasteiger partial charge in [0.1, 0.15) is 17.0 Å². The molecule has 3 rings (SSSR count). The number of benzene rings is 1. The third kappa shape index (κ3) is 3.65. The van der Waals surface area contributed by atoms with Gasteiger partial charge in [0, 0.05) is 5.56 Å². The average Bonchev–Trinajstić information content (AvgIpc) is 2.98. The number of ketones is 1. The summed E-state index contributed by atoms with van der Waals surface area (Å²) in [6.45, 7) is 12.5. The van der Waals surface area contributed by atoms with Gasteiger partial charge in [-0.15, -0.1) is 0 Å². The van der Waals surface area contributed by atoms with Crippen molar-refractivity contribution in [1.82, 2.24) is 5.16 Å². The van der Waals surface area contributed by atoms with Crippen molar-refractivity contribution in [3.63, 3.8) is 0 Å². The van der Waals surface area contributed by atoms with Crippen molar-refractivity contribution in [2.75, 3.05) is 7.11 Å². The van der Waals surface area contributed by atoms with Crippen LogP contribution in [0.1, 0.15) is 50.3 Å². The van der Waals surface area contributed by atoms with Gasteiger partial charge in [-0.05, 0) is 71.2 Å². The molecule has 2 heterocycles. The van der Waals surface area contributed by atoms with Gasteiger partial charge in [0.25, 0.3) is 0 Å². The predicted molar refractivity (Wildman–Crippen MR) is 111 cm³/mol. The summed E-state index contributed by atoms with van der Waals surface area (Å²) >= 11 is 0. The van der Waals surface area contributed by atoms with Crippen molar-refractivity contribution in [2.24, 2.45) is 0 Å². The van der Waals surface area contributed by atoms with Crippen LogP contribution in [0.15, 0.2) is 28.5 Å². The molecule has 160 valence electrons. The van der Waals surface area contributed by atoms with Gasteiger partial charge in [-0.3, -0.25) is 4.79 Å². The first-order chi connectivity index (χ1) is 13.9. The van der Waals surface area contributed by atoms with Gasteiger partial charge in [0.2, 0.25) is 0 Å². The summed E-state index contributed by atoms with van der Waals surface area (Å²) in [6, 6.07) is 5.77. The maximum atomic E-state index is 13.5. The second kappa shape index (κ2) is 7.40. The van der Waals surface area contributed by atoms with Crippen LogP contribution >= 0.6 is 0 Å². The van der Waals surface area contributed by atoms with Crippen molar-refractivity contribution in [3.8, 4) is 11.1 Å². The van der Waals surface area contributed by atoms with Crippen molar-refractivity contribution in [2.45, 2.75) is 59.7 Å². The third-order valence-corrected chi connectivity index (χ3v) is 5.24. The lowest BCUT2D eigenvalue weighted by Crippen LogP contribution is -2.50. The van der Waals surface area contributed by atoms with E-state index in [1.807, 2.05) is 39.0 Å². The molecule has 0 saturated heterocycles. The fraction of sp³-hybridized carbons (Fsp3) is 0.435. The monoisotopic (exact) mass is 413 g/mol. The lowest BCUT2D eigenvalue weighted by Gasteiger charge is -2.41. The minimum absolute atomic E-state index is 0.123. The lowest BCUT2D eigenvalue weighted by atomic mass is 9.81. The first-order valence-corrected chi connectivity index (χ1v) is 9.69. The Kier molecular flexibility index (Phi) is 5.37. The van der Waals surface area contributed by atoms with Crippen molar-refractivity contribution in [1.29, 1.82) is 0 Å². The predicted octanol–water partition coefficient (Wildman–Crippen LogP) is 4.92. The van der Waals surface area contributed by atoms with Gasteiger partial charge < -0.3 is 18.7 Å². The summed E-state index contributed by atoms with van der Waals surface area (Å²) < 4.78 is 21.4. The Morgan fingerprint density at radius 1 is 1.07 bits per heavy atom. The summed E-state index contributed by atoms with van der Waals surface area (Å²) in [6.07, 6.45) is -0.911. The number of nitrogens with zero attached hydrogens (tertiary/aromatic N) is 1. The molecule has 1 aliphatic heterocycles. The van der Waals surface area contributed by atoms with Gasteiger partial charge in [0.15, 0.2) is 11.5 Å². The van der Waals surface area contributed by atoms with Crippen LogP contribution in [0.25, 0.3) is 16.7 Å². The number of carbonyl (C=O) groups is 2. The second-order valence-corrected chi connectivity index (χ2v) is 8.44. The number of ether oxygens (including phenoxy) is 3. The Morgan fingerprint density at radius 2 is 1.73 bits per heavy atom. The van der Waals surface area contributed by atoms with Gasteiger partial charge in [-0.1, -0.05) is 17.3 Å². The van der Waals surface area contributed by atoms with E-state index in [1.54, 1.807) is 27.7 Å². The van der Waals surface area contributed by atoms with Gasteiger partial charge in [-0.25, -0.2) is 4.79 Å². The zero-order valence-electron chi connectivity index (χ0n) is 18.6. The van der Waals surface area contributed by atoms with E-state index >= 15 is 0 Å². The Hall–Kier alpha value is -2.93. The maximum Gasteiger partial charge on any atom is 0.513 e. The molecule has 0 atom stereocenters. The zero-order chi connectivity index (χ0) is 22.4. The molecule has 1 aromatic carbocycles. The van der Waals surface area contributed by atoms with E-state index in [1.165, 1.54) is 7.11 Å². The number of Topliss-reactive ketones (excluding diaryl/α,β-unsaturated/α-hetero) is 1. The smallest absolute Gasteiger partial charge is 0.437 e. The first-order valence-electron chi connectivity index (χ1n) is 9.69. The van der Waals surface area contributed by atoms with E-state index in [0.717, 1.165) is 22.4 Å². The normalized spacial score (nSPS) is 17.8. The first kappa shape index (κ1) is 21.8. The fourth-order valence-electron chi connectivity index (χ4n) is 3.92. The average molecular weight is 413 g/mol. The van der Waals surface area contributed by atoms with E-state index in [2.05, 4.69) is 9.89 Å². The molecule has 0 N–H and O–H groups in total. The van der Waals surface area contributed by atoms with E-state index in [0.29, 0.717) is 16.9 Å². The molecular formula is C23H27NO6. The molecule has 0 unspecified atom stereocenters. The van der Waals surface area contributed by atoms with Crippen LogP contribution in [-0.2, 0) is 19.0 Å². The topological polar surface area (TPSA) is 87.9 Å². The third-order valence-electron chi connectivity index (χ3n) is 5.24. The quantitative estimate of drug-likeness (QED) is 0.660. The second-order valence-electron chi connectivity index (χ2n) is 8.44. The minimum atomic E-state index is -1.10. The molecule has 0 bridgehead atoms. The highest BCUT2D eigenvalue weighted by Crippen LogP contribution is 2.43. The Labute approximate surface area is 176 Å². The minimum Gasteiger partial charge on any atom is -0.437 e. The van der Waals surface area contributed by atoms with E-state index in [4.69, 9.17) is 14.0 Å². The molecule has 0 spiro atoms. The molecule has 0 aliphatic carbocycles. The lowest BCUT2D eigenvalue weighted by molar-refractivity contribution is -0.158. The van der Waals surface area contributed by atoms with E-state index < -0.39 is 17.4 Å². The Bertz CT molecular complexity index is 1040. The summed E-state index contributed by atoms with van der Waals surface area (Å²) in [5, 5.41) is 4.02. The summed E-state index contributed by atoms with van der Waals surface area (Å²) in [5.74, 6) is 0.527. The largest absolute Gasteiger partial charge is 0.513 e. The molecule has 7 heteroatoms. The van der Waals surface area contributed by atoms with Crippen molar-refractivity contribution >= 4 is 17.5 Å². The summed E-state index contributed by atoms with van der Waals surface area (Å²) in [4.78, 5) is 25.4. The molecule has 0 saturated carbocycles. The number of aryl methyl sites for hydroxylation is 3. The highest BCUT2D eigenvalue weighted by Gasteiger charge is 2.49. The number of hydrogen-bond acceptors (Lipinski definition) is 7. The molecule has 30 heavy (non-hydrogen) atoms.